The maximum atomic E-state index is 11.9. The van der Waals surface area contributed by atoms with Crippen LogP contribution in [-0.4, -0.2) is 24.4 Å². The number of halogens is 1. The summed E-state index contributed by atoms with van der Waals surface area (Å²) >= 11 is 5.88. The molecule has 21 heavy (non-hydrogen) atoms. The van der Waals surface area contributed by atoms with Crippen molar-refractivity contribution in [3.63, 3.8) is 0 Å². The van der Waals surface area contributed by atoms with Crippen molar-refractivity contribution in [3.8, 4) is 0 Å². The minimum atomic E-state index is -0.0327. The highest BCUT2D eigenvalue weighted by Gasteiger charge is 2.14. The lowest BCUT2D eigenvalue weighted by atomic mass is 10.1. The van der Waals surface area contributed by atoms with Gasteiger partial charge in [0.2, 0.25) is 5.91 Å². The van der Waals surface area contributed by atoms with E-state index in [2.05, 4.69) is 12.2 Å². The molecule has 112 valence electrons. The third-order valence-electron chi connectivity index (χ3n) is 3.45. The smallest absolute Gasteiger partial charge is 0.234 e. The first-order valence-corrected chi connectivity index (χ1v) is 7.19. The average Bonchev–Trinajstić information content (AvgIpc) is 2.98. The number of amides is 1. The van der Waals surface area contributed by atoms with Crippen LogP contribution in [0.5, 0.6) is 0 Å². The van der Waals surface area contributed by atoms with Gasteiger partial charge in [0.05, 0.1) is 19.4 Å². The minimum Gasteiger partial charge on any atom is -0.467 e. The summed E-state index contributed by atoms with van der Waals surface area (Å²) in [4.78, 5) is 13.9. The first-order chi connectivity index (χ1) is 10.1. The largest absolute Gasteiger partial charge is 0.467 e. The zero-order valence-electron chi connectivity index (χ0n) is 12.2. The van der Waals surface area contributed by atoms with E-state index >= 15 is 0 Å². The van der Waals surface area contributed by atoms with E-state index in [4.69, 9.17) is 16.0 Å². The van der Waals surface area contributed by atoms with Gasteiger partial charge >= 0.3 is 0 Å². The third kappa shape index (κ3) is 4.62. The molecule has 0 unspecified atom stereocenters. The molecule has 1 heterocycles. The molecule has 0 aliphatic rings. The molecular weight excluding hydrogens is 288 g/mol. The highest BCUT2D eigenvalue weighted by molar-refractivity contribution is 6.30. The number of nitrogens with zero attached hydrogens (tertiary/aromatic N) is 1. The van der Waals surface area contributed by atoms with Gasteiger partial charge in [-0.25, -0.2) is 0 Å². The second-order valence-electron chi connectivity index (χ2n) is 5.00. The number of likely N-dealkylation sites (N-methyl/N-ethyl adjacent to an activating group) is 1. The van der Waals surface area contributed by atoms with Crippen molar-refractivity contribution in [2.24, 2.45) is 0 Å². The van der Waals surface area contributed by atoms with Gasteiger partial charge in [-0.1, -0.05) is 23.7 Å². The number of hydrogen-bond acceptors (Lipinski definition) is 3. The number of rotatable bonds is 6. The maximum Gasteiger partial charge on any atom is 0.234 e. The van der Waals surface area contributed by atoms with Gasteiger partial charge < -0.3 is 9.73 Å². The molecule has 4 nitrogen and oxygen atoms in total. The molecule has 0 aliphatic carbocycles. The van der Waals surface area contributed by atoms with Crippen LogP contribution in [0.4, 0.5) is 0 Å². The topological polar surface area (TPSA) is 45.5 Å². The Labute approximate surface area is 129 Å². The van der Waals surface area contributed by atoms with E-state index in [0.717, 1.165) is 11.3 Å². The van der Waals surface area contributed by atoms with Gasteiger partial charge in [-0.3, -0.25) is 9.69 Å². The summed E-state index contributed by atoms with van der Waals surface area (Å²) in [7, 11) is 1.92. The normalized spacial score (nSPS) is 12.4. The molecule has 0 fully saturated rings. The Morgan fingerprint density at radius 3 is 2.67 bits per heavy atom. The van der Waals surface area contributed by atoms with Gasteiger partial charge in [-0.05, 0) is 43.8 Å². The van der Waals surface area contributed by atoms with Crippen LogP contribution in [-0.2, 0) is 11.3 Å². The van der Waals surface area contributed by atoms with Crippen LogP contribution in [0.3, 0.4) is 0 Å². The maximum absolute atomic E-state index is 11.9. The van der Waals surface area contributed by atoms with Crippen LogP contribution >= 0.6 is 11.6 Å². The van der Waals surface area contributed by atoms with Crippen molar-refractivity contribution in [2.45, 2.75) is 19.5 Å². The summed E-state index contributed by atoms with van der Waals surface area (Å²) in [5.74, 6) is 0.714. The van der Waals surface area contributed by atoms with Crippen molar-refractivity contribution in [1.29, 1.82) is 0 Å². The molecule has 2 aromatic rings. The first-order valence-electron chi connectivity index (χ1n) is 6.81. The molecule has 1 atom stereocenters. The third-order valence-corrected chi connectivity index (χ3v) is 3.70. The number of carbonyl (C=O) groups is 1. The summed E-state index contributed by atoms with van der Waals surface area (Å²) in [6.07, 6.45) is 1.59. The fourth-order valence-corrected chi connectivity index (χ4v) is 2.14. The van der Waals surface area contributed by atoms with Crippen molar-refractivity contribution >= 4 is 17.5 Å². The Bertz CT molecular complexity index is 566. The number of nitrogens with one attached hydrogen (secondary N) is 1. The Balaban J connectivity index is 1.83. The van der Waals surface area contributed by atoms with E-state index in [-0.39, 0.29) is 11.9 Å². The van der Waals surface area contributed by atoms with Gasteiger partial charge in [0.1, 0.15) is 5.76 Å². The van der Waals surface area contributed by atoms with E-state index in [1.165, 1.54) is 0 Å². The fraction of sp³-hybridized carbons (Fsp3) is 0.312. The van der Waals surface area contributed by atoms with Crippen molar-refractivity contribution in [3.05, 3.63) is 59.0 Å². The lowest BCUT2D eigenvalue weighted by Crippen LogP contribution is -2.36. The van der Waals surface area contributed by atoms with Gasteiger partial charge in [-0.15, -0.1) is 0 Å². The summed E-state index contributed by atoms with van der Waals surface area (Å²) in [6, 6.07) is 11.4. The van der Waals surface area contributed by atoms with Crippen molar-refractivity contribution in [2.75, 3.05) is 13.6 Å². The molecule has 2 rings (SSSR count). The Morgan fingerprint density at radius 2 is 2.05 bits per heavy atom. The summed E-state index contributed by atoms with van der Waals surface area (Å²) in [5.41, 5.74) is 1.13. The molecule has 0 saturated carbocycles. The molecule has 0 radical (unpaired) electrons. The lowest BCUT2D eigenvalue weighted by molar-refractivity contribution is -0.122. The zero-order valence-corrected chi connectivity index (χ0v) is 12.9. The standard InChI is InChI=1S/C16H19ClN2O2/c1-12(13-5-7-14(17)8-6-13)19(2)11-16(20)18-10-15-4-3-9-21-15/h3-9,12H,10-11H2,1-2H3,(H,18,20)/t12-/m0/s1. The van der Waals surface area contributed by atoms with Crippen LogP contribution in [0.2, 0.25) is 5.02 Å². The van der Waals surface area contributed by atoms with Crippen LogP contribution < -0.4 is 5.32 Å². The molecule has 1 aromatic heterocycles. The van der Waals surface area contributed by atoms with Gasteiger partial charge in [0, 0.05) is 11.1 Å². The van der Waals surface area contributed by atoms with E-state index in [9.17, 15) is 4.79 Å². The molecule has 0 saturated heterocycles. The average molecular weight is 307 g/mol. The van der Waals surface area contributed by atoms with Gasteiger partial charge in [-0.2, -0.15) is 0 Å². The van der Waals surface area contributed by atoms with Gasteiger partial charge in [0.15, 0.2) is 0 Å². The fourth-order valence-electron chi connectivity index (χ4n) is 2.01. The molecule has 5 heteroatoms. The summed E-state index contributed by atoms with van der Waals surface area (Å²) < 4.78 is 5.18. The van der Waals surface area contributed by atoms with Crippen LogP contribution in [0.1, 0.15) is 24.3 Å². The molecule has 1 aromatic carbocycles. The van der Waals surface area contributed by atoms with Crippen molar-refractivity contribution in [1.82, 2.24) is 10.2 Å². The Morgan fingerprint density at radius 1 is 1.33 bits per heavy atom. The number of benzene rings is 1. The summed E-state index contributed by atoms with van der Waals surface area (Å²) in [5, 5.41) is 3.55. The highest BCUT2D eigenvalue weighted by Crippen LogP contribution is 2.20. The number of furan rings is 1. The summed E-state index contributed by atoms with van der Waals surface area (Å²) in [6.45, 7) is 2.79. The van der Waals surface area contributed by atoms with E-state index in [1.807, 2.05) is 42.3 Å². The molecule has 1 amide bonds. The van der Waals surface area contributed by atoms with E-state index in [1.54, 1.807) is 12.3 Å². The molecule has 1 N–H and O–H groups in total. The predicted molar refractivity (Wildman–Crippen MR) is 83.1 cm³/mol. The number of carbonyl (C=O) groups excluding carboxylic acids is 1. The molecule has 0 spiro atoms. The van der Waals surface area contributed by atoms with E-state index in [0.29, 0.717) is 18.1 Å². The quantitative estimate of drug-likeness (QED) is 0.891. The van der Waals surface area contributed by atoms with Gasteiger partial charge in [0.25, 0.3) is 0 Å². The molecule has 0 aliphatic heterocycles. The Kier molecular flexibility index (Phi) is 5.42. The monoisotopic (exact) mass is 306 g/mol. The molecule has 0 bridgehead atoms. The Hall–Kier alpha value is -1.78. The van der Waals surface area contributed by atoms with E-state index < -0.39 is 0 Å². The second kappa shape index (κ2) is 7.29. The number of hydrogen-bond donors (Lipinski definition) is 1. The molecular formula is C16H19ClN2O2. The second-order valence-corrected chi connectivity index (χ2v) is 5.44. The van der Waals surface area contributed by atoms with Crippen LogP contribution in [0, 0.1) is 0 Å². The SMILES string of the molecule is C[C@@H](c1ccc(Cl)cc1)N(C)CC(=O)NCc1ccco1. The van der Waals surface area contributed by atoms with Crippen molar-refractivity contribution < 1.29 is 9.21 Å². The zero-order chi connectivity index (χ0) is 15.2. The van der Waals surface area contributed by atoms with Crippen LogP contribution in [0.15, 0.2) is 47.1 Å². The minimum absolute atomic E-state index is 0.0327. The van der Waals surface area contributed by atoms with Crippen LogP contribution in [0.25, 0.3) is 0 Å². The highest BCUT2D eigenvalue weighted by atomic mass is 35.5. The first kappa shape index (κ1) is 15.6. The lowest BCUT2D eigenvalue weighted by Gasteiger charge is -2.24. The predicted octanol–water partition coefficient (Wildman–Crippen LogP) is 3.24.